The van der Waals surface area contributed by atoms with E-state index in [-0.39, 0.29) is 18.2 Å². The lowest BCUT2D eigenvalue weighted by Crippen LogP contribution is -2.39. The Morgan fingerprint density at radius 2 is 1.90 bits per heavy atom. The third kappa shape index (κ3) is 4.59. The molecule has 0 saturated carbocycles. The average molecular weight is 291 g/mol. The molecule has 1 unspecified atom stereocenters. The number of rotatable bonds is 7. The minimum absolute atomic E-state index is 0.00771. The van der Waals surface area contributed by atoms with Crippen LogP contribution in [0, 0.1) is 18.3 Å². The lowest BCUT2D eigenvalue weighted by molar-refractivity contribution is -0.153. The summed E-state index contributed by atoms with van der Waals surface area (Å²) in [4.78, 5) is 23.3. The molecule has 0 aliphatic rings. The van der Waals surface area contributed by atoms with Gasteiger partial charge in [-0.05, 0) is 37.3 Å². The van der Waals surface area contributed by atoms with Crippen molar-refractivity contribution in [2.24, 2.45) is 11.3 Å². The van der Waals surface area contributed by atoms with Crippen LogP contribution in [0.25, 0.3) is 0 Å². The molecule has 0 heterocycles. The number of amides is 1. The minimum Gasteiger partial charge on any atom is -0.481 e. The summed E-state index contributed by atoms with van der Waals surface area (Å²) < 4.78 is 0. The third-order valence-corrected chi connectivity index (χ3v) is 4.27. The van der Waals surface area contributed by atoms with E-state index in [4.69, 9.17) is 0 Å². The fourth-order valence-corrected chi connectivity index (χ4v) is 2.15. The van der Waals surface area contributed by atoms with E-state index in [1.807, 2.05) is 45.0 Å². The first-order valence-electron chi connectivity index (χ1n) is 7.32. The maximum Gasteiger partial charge on any atom is 0.310 e. The minimum atomic E-state index is -1.02. The van der Waals surface area contributed by atoms with Crippen LogP contribution in [-0.4, -0.2) is 23.5 Å². The smallest absolute Gasteiger partial charge is 0.310 e. The Hall–Kier alpha value is -1.84. The summed E-state index contributed by atoms with van der Waals surface area (Å²) >= 11 is 0. The zero-order chi connectivity index (χ0) is 16.0. The van der Waals surface area contributed by atoms with Crippen LogP contribution in [0.15, 0.2) is 24.3 Å². The first kappa shape index (κ1) is 17.2. The molecule has 21 heavy (non-hydrogen) atoms. The van der Waals surface area contributed by atoms with Gasteiger partial charge in [0.1, 0.15) is 0 Å². The average Bonchev–Trinajstić information content (AvgIpc) is 2.40. The van der Waals surface area contributed by atoms with Gasteiger partial charge in [-0.15, -0.1) is 0 Å². The van der Waals surface area contributed by atoms with E-state index >= 15 is 0 Å². The van der Waals surface area contributed by atoms with Crippen LogP contribution in [-0.2, 0) is 16.0 Å². The SMILES string of the molecule is Cc1ccccc1CCNC(=O)CC(C)(C(=O)O)C(C)C. The standard InChI is InChI=1S/C17H25NO3/c1-12(2)17(4,16(20)21)11-15(19)18-10-9-14-8-6-5-7-13(14)3/h5-8,12H,9-11H2,1-4H3,(H,18,19)(H,20,21). The molecule has 4 heteroatoms. The summed E-state index contributed by atoms with van der Waals surface area (Å²) in [7, 11) is 0. The van der Waals surface area contributed by atoms with Crippen molar-refractivity contribution in [2.45, 2.75) is 40.5 Å². The summed E-state index contributed by atoms with van der Waals surface area (Å²) in [6.07, 6.45) is 0.762. The van der Waals surface area contributed by atoms with Crippen LogP contribution in [0.5, 0.6) is 0 Å². The van der Waals surface area contributed by atoms with E-state index in [0.29, 0.717) is 6.54 Å². The second-order valence-corrected chi connectivity index (χ2v) is 6.08. The second kappa shape index (κ2) is 7.25. The molecule has 4 nitrogen and oxygen atoms in total. The number of carboxylic acid groups (broad SMARTS) is 1. The molecule has 0 saturated heterocycles. The number of aliphatic carboxylic acids is 1. The van der Waals surface area contributed by atoms with Crippen molar-refractivity contribution in [3.63, 3.8) is 0 Å². The Kier molecular flexibility index (Phi) is 5.94. The molecular weight excluding hydrogens is 266 g/mol. The largest absolute Gasteiger partial charge is 0.481 e. The molecular formula is C17H25NO3. The monoisotopic (exact) mass is 291 g/mol. The fourth-order valence-electron chi connectivity index (χ4n) is 2.15. The van der Waals surface area contributed by atoms with E-state index in [0.717, 1.165) is 6.42 Å². The highest BCUT2D eigenvalue weighted by Crippen LogP contribution is 2.31. The summed E-state index contributed by atoms with van der Waals surface area (Å²) in [5, 5.41) is 12.1. The molecule has 0 bridgehead atoms. The molecule has 0 aliphatic carbocycles. The maximum atomic E-state index is 12.0. The van der Waals surface area contributed by atoms with Crippen molar-refractivity contribution >= 4 is 11.9 Å². The molecule has 1 aromatic carbocycles. The molecule has 1 rings (SSSR count). The fraction of sp³-hybridized carbons (Fsp3) is 0.529. The van der Waals surface area contributed by atoms with Crippen LogP contribution < -0.4 is 5.32 Å². The summed E-state index contributed by atoms with van der Waals surface area (Å²) in [5.41, 5.74) is 1.37. The summed E-state index contributed by atoms with van der Waals surface area (Å²) in [6, 6.07) is 8.04. The van der Waals surface area contributed by atoms with Gasteiger partial charge in [0.2, 0.25) is 5.91 Å². The van der Waals surface area contributed by atoms with Crippen molar-refractivity contribution in [3.8, 4) is 0 Å². The normalized spacial score (nSPS) is 13.8. The number of benzene rings is 1. The predicted molar refractivity (Wildman–Crippen MR) is 83.1 cm³/mol. The Morgan fingerprint density at radius 3 is 2.43 bits per heavy atom. The van der Waals surface area contributed by atoms with Gasteiger partial charge in [0.05, 0.1) is 5.41 Å². The Morgan fingerprint density at radius 1 is 1.29 bits per heavy atom. The van der Waals surface area contributed by atoms with E-state index in [2.05, 4.69) is 5.32 Å². The number of hydrogen-bond acceptors (Lipinski definition) is 2. The van der Waals surface area contributed by atoms with Gasteiger partial charge in [-0.3, -0.25) is 9.59 Å². The Balaban J connectivity index is 2.51. The predicted octanol–water partition coefficient (Wildman–Crippen LogP) is 2.79. The van der Waals surface area contributed by atoms with Gasteiger partial charge in [-0.1, -0.05) is 38.1 Å². The highest BCUT2D eigenvalue weighted by Gasteiger charge is 2.38. The molecule has 1 aromatic rings. The first-order chi connectivity index (χ1) is 9.77. The van der Waals surface area contributed by atoms with Crippen molar-refractivity contribution < 1.29 is 14.7 Å². The molecule has 2 N–H and O–H groups in total. The molecule has 0 aromatic heterocycles. The lowest BCUT2D eigenvalue weighted by atomic mass is 9.76. The molecule has 116 valence electrons. The number of nitrogens with one attached hydrogen (secondary N) is 1. The molecule has 0 radical (unpaired) electrons. The first-order valence-corrected chi connectivity index (χ1v) is 7.32. The summed E-state index contributed by atoms with van der Waals surface area (Å²) in [5.74, 6) is -1.23. The second-order valence-electron chi connectivity index (χ2n) is 6.08. The number of carbonyl (C=O) groups excluding carboxylic acids is 1. The van der Waals surface area contributed by atoms with Crippen molar-refractivity contribution in [2.75, 3.05) is 6.54 Å². The zero-order valence-electron chi connectivity index (χ0n) is 13.3. The molecule has 0 fully saturated rings. The topological polar surface area (TPSA) is 66.4 Å². The summed E-state index contributed by atoms with van der Waals surface area (Å²) in [6.45, 7) is 7.85. The van der Waals surface area contributed by atoms with Gasteiger partial charge in [0.25, 0.3) is 0 Å². The van der Waals surface area contributed by atoms with Crippen molar-refractivity contribution in [3.05, 3.63) is 35.4 Å². The number of carboxylic acids is 1. The molecule has 0 spiro atoms. The van der Waals surface area contributed by atoms with Gasteiger partial charge >= 0.3 is 5.97 Å². The Bertz CT molecular complexity index is 511. The number of carbonyl (C=O) groups is 2. The highest BCUT2D eigenvalue weighted by molar-refractivity contribution is 5.84. The van der Waals surface area contributed by atoms with E-state index in [1.165, 1.54) is 11.1 Å². The maximum absolute atomic E-state index is 12.0. The van der Waals surface area contributed by atoms with E-state index in [1.54, 1.807) is 6.92 Å². The van der Waals surface area contributed by atoms with Crippen LogP contribution in [0.2, 0.25) is 0 Å². The van der Waals surface area contributed by atoms with Crippen LogP contribution >= 0.6 is 0 Å². The van der Waals surface area contributed by atoms with E-state index in [9.17, 15) is 14.7 Å². The van der Waals surface area contributed by atoms with Crippen LogP contribution in [0.1, 0.15) is 38.3 Å². The van der Waals surface area contributed by atoms with Crippen molar-refractivity contribution in [1.29, 1.82) is 0 Å². The van der Waals surface area contributed by atoms with Gasteiger partial charge in [-0.2, -0.15) is 0 Å². The van der Waals surface area contributed by atoms with Gasteiger partial charge in [0.15, 0.2) is 0 Å². The number of hydrogen-bond donors (Lipinski definition) is 2. The van der Waals surface area contributed by atoms with Gasteiger partial charge in [-0.25, -0.2) is 0 Å². The number of aryl methyl sites for hydroxylation is 1. The molecule has 1 atom stereocenters. The van der Waals surface area contributed by atoms with E-state index < -0.39 is 11.4 Å². The van der Waals surface area contributed by atoms with Crippen LogP contribution in [0.4, 0.5) is 0 Å². The van der Waals surface area contributed by atoms with Gasteiger partial charge < -0.3 is 10.4 Å². The Labute approximate surface area is 126 Å². The van der Waals surface area contributed by atoms with Gasteiger partial charge in [0, 0.05) is 13.0 Å². The molecule has 1 amide bonds. The van der Waals surface area contributed by atoms with Crippen molar-refractivity contribution in [1.82, 2.24) is 5.32 Å². The lowest BCUT2D eigenvalue weighted by Gasteiger charge is -2.28. The third-order valence-electron chi connectivity index (χ3n) is 4.27. The van der Waals surface area contributed by atoms with Crippen LogP contribution in [0.3, 0.4) is 0 Å². The highest BCUT2D eigenvalue weighted by atomic mass is 16.4. The zero-order valence-corrected chi connectivity index (χ0v) is 13.3. The molecule has 0 aliphatic heterocycles. The quantitative estimate of drug-likeness (QED) is 0.812.